The molecule has 0 amide bonds. The van der Waals surface area contributed by atoms with Crippen LogP contribution in [0.2, 0.25) is 5.02 Å². The SMILES string of the molecule is COc1ccccc1-c1nc2c3c(ncn2n1)Oc1c(c(C)nn1-c1cccc(Cl)c1)C3c1ccccc1OC. The Hall–Kier alpha value is -4.89. The first-order valence-electron chi connectivity index (χ1n) is 12.6. The van der Waals surface area contributed by atoms with Crippen molar-refractivity contribution in [1.82, 2.24) is 29.4 Å². The average molecular weight is 551 g/mol. The molecule has 0 spiro atoms. The summed E-state index contributed by atoms with van der Waals surface area (Å²) in [6.45, 7) is 1.97. The zero-order chi connectivity index (χ0) is 27.4. The van der Waals surface area contributed by atoms with Crippen molar-refractivity contribution < 1.29 is 14.2 Å². The van der Waals surface area contributed by atoms with Crippen LogP contribution in [0.3, 0.4) is 0 Å². The highest BCUT2D eigenvalue weighted by Crippen LogP contribution is 2.51. The summed E-state index contributed by atoms with van der Waals surface area (Å²) in [7, 11) is 3.30. The van der Waals surface area contributed by atoms with Gasteiger partial charge in [-0.1, -0.05) is 48.0 Å². The summed E-state index contributed by atoms with van der Waals surface area (Å²) in [6.07, 6.45) is 1.61. The van der Waals surface area contributed by atoms with Crippen LogP contribution in [-0.4, -0.2) is 43.6 Å². The molecule has 10 heteroatoms. The molecule has 0 aliphatic carbocycles. The highest BCUT2D eigenvalue weighted by Gasteiger charge is 2.39. The molecule has 3 aromatic carbocycles. The van der Waals surface area contributed by atoms with Gasteiger partial charge < -0.3 is 14.2 Å². The molecule has 40 heavy (non-hydrogen) atoms. The van der Waals surface area contributed by atoms with Crippen molar-refractivity contribution in [2.45, 2.75) is 12.8 Å². The van der Waals surface area contributed by atoms with Crippen LogP contribution in [0.5, 0.6) is 23.3 Å². The second-order valence-electron chi connectivity index (χ2n) is 9.34. The number of hydrogen-bond acceptors (Lipinski definition) is 7. The number of methoxy groups -OCH3 is 2. The van der Waals surface area contributed by atoms with E-state index in [4.69, 9.17) is 41.0 Å². The van der Waals surface area contributed by atoms with E-state index >= 15 is 0 Å². The molecule has 0 bridgehead atoms. The summed E-state index contributed by atoms with van der Waals surface area (Å²) in [5, 5.41) is 10.2. The van der Waals surface area contributed by atoms with E-state index in [1.807, 2.05) is 79.7 Å². The fourth-order valence-corrected chi connectivity index (χ4v) is 5.51. The molecular formula is C30H23ClN6O3. The van der Waals surface area contributed by atoms with Gasteiger partial charge in [0, 0.05) is 10.6 Å². The highest BCUT2D eigenvalue weighted by atomic mass is 35.5. The topological polar surface area (TPSA) is 88.6 Å². The van der Waals surface area contributed by atoms with Crippen molar-refractivity contribution in [1.29, 1.82) is 0 Å². The Kier molecular flexibility index (Phi) is 5.67. The lowest BCUT2D eigenvalue weighted by molar-refractivity contribution is 0.393. The molecule has 198 valence electrons. The molecule has 1 aliphatic heterocycles. The minimum absolute atomic E-state index is 0.353. The predicted octanol–water partition coefficient (Wildman–Crippen LogP) is 6.24. The Morgan fingerprint density at radius 1 is 0.875 bits per heavy atom. The third-order valence-electron chi connectivity index (χ3n) is 7.07. The molecular weight excluding hydrogens is 528 g/mol. The number of hydrogen-bond donors (Lipinski definition) is 0. The normalized spacial score (nSPS) is 13.9. The molecule has 0 saturated carbocycles. The quantitative estimate of drug-likeness (QED) is 0.250. The Bertz CT molecular complexity index is 1910. The lowest BCUT2D eigenvalue weighted by atomic mass is 9.84. The lowest BCUT2D eigenvalue weighted by Gasteiger charge is -2.27. The summed E-state index contributed by atoms with van der Waals surface area (Å²) >= 11 is 6.33. The van der Waals surface area contributed by atoms with Gasteiger partial charge in [0.25, 0.3) is 0 Å². The Morgan fingerprint density at radius 2 is 1.65 bits per heavy atom. The van der Waals surface area contributed by atoms with Gasteiger partial charge in [0.05, 0.1) is 48.2 Å². The Morgan fingerprint density at radius 3 is 2.45 bits per heavy atom. The number of nitrogens with zero attached hydrogens (tertiary/aromatic N) is 6. The number of rotatable bonds is 5. The fraction of sp³-hybridized carbons (Fsp3) is 0.133. The third-order valence-corrected chi connectivity index (χ3v) is 7.31. The van der Waals surface area contributed by atoms with E-state index in [-0.39, 0.29) is 5.92 Å². The van der Waals surface area contributed by atoms with Gasteiger partial charge in [-0.25, -0.2) is 19.2 Å². The number of aryl methyl sites for hydroxylation is 1. The molecule has 0 fully saturated rings. The predicted molar refractivity (Wildman–Crippen MR) is 150 cm³/mol. The van der Waals surface area contributed by atoms with Crippen LogP contribution in [0.25, 0.3) is 22.7 Å². The van der Waals surface area contributed by atoms with Gasteiger partial charge in [0.15, 0.2) is 11.5 Å². The van der Waals surface area contributed by atoms with E-state index in [1.165, 1.54) is 0 Å². The van der Waals surface area contributed by atoms with E-state index in [9.17, 15) is 0 Å². The van der Waals surface area contributed by atoms with Crippen molar-refractivity contribution in [2.75, 3.05) is 14.2 Å². The van der Waals surface area contributed by atoms with Crippen molar-refractivity contribution in [3.05, 3.63) is 107 Å². The van der Waals surface area contributed by atoms with E-state index < -0.39 is 0 Å². The summed E-state index contributed by atoms with van der Waals surface area (Å²) in [5.41, 5.74) is 5.54. The number of aromatic nitrogens is 6. The zero-order valence-corrected chi connectivity index (χ0v) is 22.6. The van der Waals surface area contributed by atoms with E-state index in [1.54, 1.807) is 29.7 Å². The van der Waals surface area contributed by atoms with Gasteiger partial charge in [-0.15, -0.1) is 5.10 Å². The first-order valence-corrected chi connectivity index (χ1v) is 13.0. The third kappa shape index (κ3) is 3.70. The van der Waals surface area contributed by atoms with Crippen molar-refractivity contribution in [3.8, 4) is 40.3 Å². The Labute approximate surface area is 234 Å². The van der Waals surface area contributed by atoms with Crippen LogP contribution in [-0.2, 0) is 0 Å². The van der Waals surface area contributed by atoms with Crippen LogP contribution in [0, 0.1) is 6.92 Å². The van der Waals surface area contributed by atoms with Crippen LogP contribution in [0.15, 0.2) is 79.1 Å². The van der Waals surface area contributed by atoms with Crippen molar-refractivity contribution in [2.24, 2.45) is 0 Å². The van der Waals surface area contributed by atoms with Gasteiger partial charge in [0.2, 0.25) is 11.8 Å². The molecule has 1 unspecified atom stereocenters. The number of benzene rings is 3. The first kappa shape index (κ1) is 24.2. The van der Waals surface area contributed by atoms with Crippen molar-refractivity contribution >= 4 is 17.2 Å². The summed E-state index contributed by atoms with van der Waals surface area (Å²) < 4.78 is 21.4. The lowest BCUT2D eigenvalue weighted by Crippen LogP contribution is -2.16. The highest BCUT2D eigenvalue weighted by molar-refractivity contribution is 6.30. The molecule has 0 radical (unpaired) electrons. The second kappa shape index (κ2) is 9.39. The molecule has 1 atom stereocenters. The number of halogens is 1. The van der Waals surface area contributed by atoms with Crippen molar-refractivity contribution in [3.63, 3.8) is 0 Å². The monoisotopic (exact) mass is 550 g/mol. The number of ether oxygens (including phenoxy) is 3. The van der Waals surface area contributed by atoms with Gasteiger partial charge in [-0.05, 0) is 43.3 Å². The maximum Gasteiger partial charge on any atom is 0.230 e. The molecule has 0 N–H and O–H groups in total. The standard InChI is InChI=1S/C30H23ClN6O3/c1-17-24-25(20-11-4-6-13-22(20)38-2)26-28-33-27(21-12-5-7-14-23(21)39-3)35-36(28)16-32-29(26)40-30(24)37(34-17)19-10-8-9-18(31)15-19/h4-16,25H,1-3H3. The maximum atomic E-state index is 6.52. The maximum absolute atomic E-state index is 6.52. The molecule has 6 aromatic rings. The summed E-state index contributed by atoms with van der Waals surface area (Å²) in [6, 6.07) is 23.1. The van der Waals surface area contributed by atoms with E-state index in [0.717, 1.165) is 39.4 Å². The van der Waals surface area contributed by atoms with E-state index in [0.29, 0.717) is 34.0 Å². The molecule has 9 nitrogen and oxygen atoms in total. The van der Waals surface area contributed by atoms with Crippen LogP contribution in [0.4, 0.5) is 0 Å². The summed E-state index contributed by atoms with van der Waals surface area (Å²) in [5.74, 6) is 2.55. The molecule has 7 rings (SSSR count). The second-order valence-corrected chi connectivity index (χ2v) is 9.78. The van der Waals surface area contributed by atoms with Gasteiger partial charge in [0.1, 0.15) is 17.8 Å². The molecule has 1 aliphatic rings. The van der Waals surface area contributed by atoms with Crippen LogP contribution >= 0.6 is 11.6 Å². The van der Waals surface area contributed by atoms with Gasteiger partial charge in [-0.2, -0.15) is 5.10 Å². The minimum Gasteiger partial charge on any atom is -0.496 e. The largest absolute Gasteiger partial charge is 0.496 e. The molecule has 4 heterocycles. The average Bonchev–Trinajstić information content (AvgIpc) is 3.57. The summed E-state index contributed by atoms with van der Waals surface area (Å²) in [4.78, 5) is 9.67. The fourth-order valence-electron chi connectivity index (χ4n) is 5.32. The zero-order valence-electron chi connectivity index (χ0n) is 21.9. The Balaban J connectivity index is 1.51. The smallest absolute Gasteiger partial charge is 0.230 e. The van der Waals surface area contributed by atoms with E-state index in [2.05, 4.69) is 4.98 Å². The van der Waals surface area contributed by atoms with Gasteiger partial charge >= 0.3 is 0 Å². The molecule has 3 aromatic heterocycles. The van der Waals surface area contributed by atoms with Crippen LogP contribution < -0.4 is 14.2 Å². The number of fused-ring (bicyclic) bond motifs is 4. The number of para-hydroxylation sites is 2. The molecule has 0 saturated heterocycles. The minimum atomic E-state index is -0.353. The van der Waals surface area contributed by atoms with Gasteiger partial charge in [-0.3, -0.25) is 0 Å². The van der Waals surface area contributed by atoms with Crippen LogP contribution in [0.1, 0.15) is 28.3 Å². The first-order chi connectivity index (χ1) is 19.6.